The molecule has 108 valence electrons. The van der Waals surface area contributed by atoms with Crippen LogP contribution in [0.2, 0.25) is 0 Å². The van der Waals surface area contributed by atoms with E-state index in [1.165, 1.54) is 18.4 Å². The zero-order valence-corrected chi connectivity index (χ0v) is 14.0. The van der Waals surface area contributed by atoms with Crippen molar-refractivity contribution in [2.24, 2.45) is 5.92 Å². The van der Waals surface area contributed by atoms with Crippen molar-refractivity contribution in [1.29, 1.82) is 0 Å². The van der Waals surface area contributed by atoms with E-state index in [0.717, 1.165) is 36.6 Å². The van der Waals surface area contributed by atoms with Gasteiger partial charge >= 0.3 is 0 Å². The Hall–Kier alpha value is -0.380. The second-order valence-electron chi connectivity index (χ2n) is 5.65. The number of nitrogens with one attached hydrogen (secondary N) is 1. The van der Waals surface area contributed by atoms with Crippen molar-refractivity contribution in [3.8, 4) is 0 Å². The highest BCUT2D eigenvalue weighted by Gasteiger charge is 2.00. The molecule has 2 nitrogen and oxygen atoms in total. The summed E-state index contributed by atoms with van der Waals surface area (Å²) in [6.45, 7) is 8.89. The van der Waals surface area contributed by atoms with Crippen LogP contribution in [0.25, 0.3) is 0 Å². The van der Waals surface area contributed by atoms with Gasteiger partial charge in [0.2, 0.25) is 0 Å². The monoisotopic (exact) mass is 326 g/mol. The summed E-state index contributed by atoms with van der Waals surface area (Å²) in [5.41, 5.74) is 1.37. The topological polar surface area (TPSA) is 15.3 Å². The van der Waals surface area contributed by atoms with Gasteiger partial charge in [-0.3, -0.25) is 0 Å². The molecule has 0 amide bonds. The summed E-state index contributed by atoms with van der Waals surface area (Å²) in [5.74, 6) is 0.821. The van der Waals surface area contributed by atoms with Crippen LogP contribution >= 0.6 is 15.9 Å². The Morgan fingerprint density at radius 3 is 2.47 bits per heavy atom. The first-order valence-corrected chi connectivity index (χ1v) is 8.01. The van der Waals surface area contributed by atoms with Gasteiger partial charge in [0.1, 0.15) is 0 Å². The molecule has 0 saturated heterocycles. The van der Waals surface area contributed by atoms with Crippen LogP contribution in [0.5, 0.6) is 0 Å². The minimum Gasteiger partial charge on any atom is -0.315 e. The second-order valence-corrected chi connectivity index (χ2v) is 6.57. The van der Waals surface area contributed by atoms with Gasteiger partial charge in [-0.15, -0.1) is 0 Å². The van der Waals surface area contributed by atoms with Crippen LogP contribution in [-0.2, 0) is 6.54 Å². The molecule has 19 heavy (non-hydrogen) atoms. The van der Waals surface area contributed by atoms with E-state index < -0.39 is 0 Å². The average Bonchev–Trinajstić information content (AvgIpc) is 2.36. The third-order valence-electron chi connectivity index (χ3n) is 3.17. The predicted molar refractivity (Wildman–Crippen MR) is 87.4 cm³/mol. The number of nitrogens with zero attached hydrogens (tertiary/aromatic N) is 1. The molecule has 1 aromatic rings. The van der Waals surface area contributed by atoms with E-state index in [4.69, 9.17) is 0 Å². The van der Waals surface area contributed by atoms with Gasteiger partial charge in [0.05, 0.1) is 0 Å². The quantitative estimate of drug-likeness (QED) is 0.692. The van der Waals surface area contributed by atoms with Gasteiger partial charge in [-0.25, -0.2) is 0 Å². The van der Waals surface area contributed by atoms with E-state index in [9.17, 15) is 0 Å². The highest BCUT2D eigenvalue weighted by atomic mass is 79.9. The van der Waals surface area contributed by atoms with Crippen LogP contribution in [0.15, 0.2) is 28.7 Å². The summed E-state index contributed by atoms with van der Waals surface area (Å²) in [6.07, 6.45) is 2.61. The summed E-state index contributed by atoms with van der Waals surface area (Å²) in [6, 6.07) is 8.56. The zero-order chi connectivity index (χ0) is 14.1. The molecule has 3 heteroatoms. The molecule has 0 aliphatic carbocycles. The first-order chi connectivity index (χ1) is 9.08. The van der Waals surface area contributed by atoms with Crippen LogP contribution in [-0.4, -0.2) is 31.6 Å². The summed E-state index contributed by atoms with van der Waals surface area (Å²) >= 11 is 3.46. The average molecular weight is 327 g/mol. The molecule has 0 heterocycles. The van der Waals surface area contributed by atoms with Gasteiger partial charge in [0.15, 0.2) is 0 Å². The highest BCUT2D eigenvalue weighted by Crippen LogP contribution is 2.11. The summed E-state index contributed by atoms with van der Waals surface area (Å²) in [4.78, 5) is 2.36. The van der Waals surface area contributed by atoms with E-state index in [0.29, 0.717) is 0 Å². The molecule has 1 N–H and O–H groups in total. The number of benzene rings is 1. The van der Waals surface area contributed by atoms with Crippen LogP contribution in [0.4, 0.5) is 0 Å². The van der Waals surface area contributed by atoms with Gasteiger partial charge in [-0.05, 0) is 50.0 Å². The van der Waals surface area contributed by atoms with Crippen molar-refractivity contribution in [2.75, 3.05) is 26.7 Å². The van der Waals surface area contributed by atoms with Crippen molar-refractivity contribution in [3.63, 3.8) is 0 Å². The lowest BCUT2D eigenvalue weighted by molar-refractivity contribution is 0.323. The Kier molecular flexibility index (Phi) is 8.35. The van der Waals surface area contributed by atoms with Gasteiger partial charge < -0.3 is 10.2 Å². The maximum atomic E-state index is 3.52. The number of hydrogen-bond donors (Lipinski definition) is 1. The molecule has 0 unspecified atom stereocenters. The molecule has 0 aromatic heterocycles. The van der Waals surface area contributed by atoms with Crippen molar-refractivity contribution in [3.05, 3.63) is 34.3 Å². The third-order valence-corrected chi connectivity index (χ3v) is 3.70. The molecule has 0 radical (unpaired) electrons. The SMILES string of the molecule is CC(C)CCCNCCN(C)Cc1ccc(Br)cc1. The Morgan fingerprint density at radius 2 is 1.84 bits per heavy atom. The third kappa shape index (κ3) is 8.40. The normalized spacial score (nSPS) is 11.5. The maximum Gasteiger partial charge on any atom is 0.0231 e. The fraction of sp³-hybridized carbons (Fsp3) is 0.625. The molecule has 1 aromatic carbocycles. The van der Waals surface area contributed by atoms with Crippen LogP contribution in [0, 0.1) is 5.92 Å². The Bertz CT molecular complexity index is 335. The van der Waals surface area contributed by atoms with Crippen molar-refractivity contribution in [1.82, 2.24) is 10.2 Å². The minimum absolute atomic E-state index is 0.821. The Labute approximate surface area is 126 Å². The standard InChI is InChI=1S/C16H27BrN2/c1-14(2)5-4-10-18-11-12-19(3)13-15-6-8-16(17)9-7-15/h6-9,14,18H,4-5,10-13H2,1-3H3. The largest absolute Gasteiger partial charge is 0.315 e. The molecular formula is C16H27BrN2. The molecule has 1 rings (SSSR count). The fourth-order valence-electron chi connectivity index (χ4n) is 2.01. The van der Waals surface area contributed by atoms with Crippen molar-refractivity contribution >= 4 is 15.9 Å². The zero-order valence-electron chi connectivity index (χ0n) is 12.5. The van der Waals surface area contributed by atoms with Gasteiger partial charge in [0.25, 0.3) is 0 Å². The van der Waals surface area contributed by atoms with E-state index in [1.54, 1.807) is 0 Å². The Morgan fingerprint density at radius 1 is 1.16 bits per heavy atom. The number of hydrogen-bond acceptors (Lipinski definition) is 2. The molecule has 0 aliphatic heterocycles. The van der Waals surface area contributed by atoms with Crippen LogP contribution in [0.3, 0.4) is 0 Å². The van der Waals surface area contributed by atoms with E-state index >= 15 is 0 Å². The number of likely N-dealkylation sites (N-methyl/N-ethyl adjacent to an activating group) is 1. The van der Waals surface area contributed by atoms with Crippen molar-refractivity contribution < 1.29 is 0 Å². The van der Waals surface area contributed by atoms with E-state index in [1.807, 2.05) is 0 Å². The summed E-state index contributed by atoms with van der Waals surface area (Å²) in [7, 11) is 2.18. The lowest BCUT2D eigenvalue weighted by Crippen LogP contribution is -2.29. The minimum atomic E-state index is 0.821. The van der Waals surface area contributed by atoms with E-state index in [2.05, 4.69) is 71.3 Å². The highest BCUT2D eigenvalue weighted by molar-refractivity contribution is 9.10. The molecule has 0 spiro atoms. The molecule has 0 aliphatic rings. The second kappa shape index (κ2) is 9.51. The number of rotatable bonds is 9. The van der Waals surface area contributed by atoms with Gasteiger partial charge in [-0.1, -0.05) is 41.9 Å². The van der Waals surface area contributed by atoms with Crippen LogP contribution < -0.4 is 5.32 Å². The van der Waals surface area contributed by atoms with Crippen molar-refractivity contribution in [2.45, 2.75) is 33.2 Å². The fourth-order valence-corrected chi connectivity index (χ4v) is 2.28. The summed E-state index contributed by atoms with van der Waals surface area (Å²) in [5, 5.41) is 3.52. The molecule has 0 fully saturated rings. The smallest absolute Gasteiger partial charge is 0.0231 e. The van der Waals surface area contributed by atoms with Crippen LogP contribution in [0.1, 0.15) is 32.3 Å². The lowest BCUT2D eigenvalue weighted by Gasteiger charge is -2.17. The first-order valence-electron chi connectivity index (χ1n) is 7.21. The van der Waals surface area contributed by atoms with Gasteiger partial charge in [-0.2, -0.15) is 0 Å². The van der Waals surface area contributed by atoms with E-state index in [-0.39, 0.29) is 0 Å². The van der Waals surface area contributed by atoms with Gasteiger partial charge in [0, 0.05) is 24.1 Å². The molecular weight excluding hydrogens is 300 g/mol. The number of halogens is 1. The predicted octanol–water partition coefficient (Wildman–Crippen LogP) is 3.91. The lowest BCUT2D eigenvalue weighted by atomic mass is 10.1. The maximum absolute atomic E-state index is 3.52. The summed E-state index contributed by atoms with van der Waals surface area (Å²) < 4.78 is 1.14. The molecule has 0 bridgehead atoms. The Balaban J connectivity index is 2.08. The first kappa shape index (κ1) is 16.7. The molecule has 0 atom stereocenters. The molecule has 0 saturated carbocycles.